The van der Waals surface area contributed by atoms with Gasteiger partial charge >= 0.3 is 12.1 Å². The van der Waals surface area contributed by atoms with Gasteiger partial charge in [-0.25, -0.2) is 9.59 Å². The van der Waals surface area contributed by atoms with Crippen LogP contribution in [-0.4, -0.2) is 33.9 Å². The third-order valence-electron chi connectivity index (χ3n) is 4.79. The Morgan fingerprint density at radius 1 is 1.00 bits per heavy atom. The second kappa shape index (κ2) is 7.94. The Morgan fingerprint density at radius 3 is 2.50 bits per heavy atom. The summed E-state index contributed by atoms with van der Waals surface area (Å²) in [5, 5.41) is 11.3. The number of carboxylic acid groups (broad SMARTS) is 1. The van der Waals surface area contributed by atoms with Crippen molar-refractivity contribution in [1.82, 2.24) is 4.90 Å². The molecule has 0 saturated carbocycles. The van der Waals surface area contributed by atoms with Crippen molar-refractivity contribution in [3.05, 3.63) is 83.9 Å². The van der Waals surface area contributed by atoms with E-state index in [1.165, 1.54) is 16.7 Å². The first-order chi connectivity index (χ1) is 13.6. The highest BCUT2D eigenvalue weighted by Crippen LogP contribution is 2.44. The van der Waals surface area contributed by atoms with Gasteiger partial charge in [-0.3, -0.25) is 4.90 Å². The smallest absolute Gasteiger partial charge is 0.412 e. The highest BCUT2D eigenvalue weighted by atomic mass is 32.2. The Hall–Kier alpha value is -2.99. The Kier molecular flexibility index (Phi) is 5.21. The van der Waals surface area contributed by atoms with E-state index in [0.29, 0.717) is 5.75 Å². The van der Waals surface area contributed by atoms with Crippen molar-refractivity contribution in [2.24, 2.45) is 0 Å². The van der Waals surface area contributed by atoms with Gasteiger partial charge in [-0.2, -0.15) is 0 Å². The Morgan fingerprint density at radius 2 is 1.71 bits per heavy atom. The van der Waals surface area contributed by atoms with E-state index in [9.17, 15) is 14.7 Å². The summed E-state index contributed by atoms with van der Waals surface area (Å²) in [6.07, 6.45) is -0.612. The van der Waals surface area contributed by atoms with Crippen molar-refractivity contribution in [3.8, 4) is 0 Å². The van der Waals surface area contributed by atoms with Crippen molar-refractivity contribution >= 4 is 34.6 Å². The predicted octanol–water partition coefficient (Wildman–Crippen LogP) is 4.68. The highest BCUT2D eigenvalue weighted by molar-refractivity contribution is 7.99. The molecule has 6 heteroatoms. The van der Waals surface area contributed by atoms with Crippen molar-refractivity contribution in [2.45, 2.75) is 18.0 Å². The first kappa shape index (κ1) is 18.4. The number of hydrogen-bond acceptors (Lipinski definition) is 4. The molecule has 1 saturated heterocycles. The average Bonchev–Trinajstić information content (AvgIpc) is 3.18. The molecule has 0 aromatic heterocycles. The number of ether oxygens (including phenoxy) is 1. The zero-order valence-electron chi connectivity index (χ0n) is 15.0. The lowest BCUT2D eigenvalue weighted by molar-refractivity contribution is -0.141. The maximum absolute atomic E-state index is 12.9. The monoisotopic (exact) mass is 393 g/mol. The molecule has 5 nitrogen and oxygen atoms in total. The van der Waals surface area contributed by atoms with Gasteiger partial charge in [-0.1, -0.05) is 72.8 Å². The summed E-state index contributed by atoms with van der Waals surface area (Å²) in [5.74, 6) is -0.698. The molecule has 2 atom stereocenters. The molecule has 1 aliphatic heterocycles. The van der Waals surface area contributed by atoms with Gasteiger partial charge in [-0.15, -0.1) is 11.8 Å². The predicted molar refractivity (Wildman–Crippen MR) is 109 cm³/mol. The summed E-state index contributed by atoms with van der Waals surface area (Å²) in [6, 6.07) is 22.2. The number of rotatable bonds is 4. The zero-order valence-corrected chi connectivity index (χ0v) is 15.8. The van der Waals surface area contributed by atoms with Crippen LogP contribution in [0, 0.1) is 0 Å². The van der Waals surface area contributed by atoms with Crippen LogP contribution in [0.15, 0.2) is 72.8 Å². The van der Waals surface area contributed by atoms with Crippen LogP contribution >= 0.6 is 11.8 Å². The number of benzene rings is 3. The molecule has 3 aromatic rings. The molecule has 1 heterocycles. The van der Waals surface area contributed by atoms with E-state index >= 15 is 0 Å². The molecule has 0 radical (unpaired) electrons. The number of carbonyl (C=O) groups excluding carboxylic acids is 1. The van der Waals surface area contributed by atoms with Crippen molar-refractivity contribution in [3.63, 3.8) is 0 Å². The van der Waals surface area contributed by atoms with E-state index in [-0.39, 0.29) is 6.61 Å². The van der Waals surface area contributed by atoms with Crippen LogP contribution in [0.3, 0.4) is 0 Å². The molecule has 1 amide bonds. The molecule has 0 aliphatic carbocycles. The minimum atomic E-state index is -1.02. The fourth-order valence-corrected chi connectivity index (χ4v) is 4.87. The first-order valence-electron chi connectivity index (χ1n) is 8.96. The fourth-order valence-electron chi connectivity index (χ4n) is 3.42. The van der Waals surface area contributed by atoms with Gasteiger partial charge in [0.1, 0.15) is 18.0 Å². The SMILES string of the molecule is O=C(O)[C@@H]1CSC(c2cccc3ccccc23)N1C(=O)OCc1ccccc1. The van der Waals surface area contributed by atoms with Gasteiger partial charge in [-0.05, 0) is 21.9 Å². The van der Waals surface area contributed by atoms with Gasteiger partial charge in [0.05, 0.1) is 0 Å². The number of carboxylic acids is 1. The summed E-state index contributed by atoms with van der Waals surface area (Å²) in [5.41, 5.74) is 1.78. The quantitative estimate of drug-likeness (QED) is 0.697. The van der Waals surface area contributed by atoms with Crippen LogP contribution < -0.4 is 0 Å². The van der Waals surface area contributed by atoms with E-state index < -0.39 is 23.5 Å². The van der Waals surface area contributed by atoms with E-state index in [0.717, 1.165) is 21.9 Å². The van der Waals surface area contributed by atoms with Crippen LogP contribution in [0.4, 0.5) is 4.79 Å². The molecule has 1 aliphatic rings. The largest absolute Gasteiger partial charge is 0.480 e. The van der Waals surface area contributed by atoms with Gasteiger partial charge in [0.25, 0.3) is 0 Å². The van der Waals surface area contributed by atoms with E-state index in [1.54, 1.807) is 0 Å². The number of thioether (sulfide) groups is 1. The molecule has 142 valence electrons. The maximum Gasteiger partial charge on any atom is 0.412 e. The molecule has 1 fully saturated rings. The van der Waals surface area contributed by atoms with Crippen LogP contribution in [0.25, 0.3) is 10.8 Å². The summed E-state index contributed by atoms with van der Waals surface area (Å²) >= 11 is 1.45. The molecule has 1 N–H and O–H groups in total. The second-order valence-corrected chi connectivity index (χ2v) is 7.67. The maximum atomic E-state index is 12.9. The van der Waals surface area contributed by atoms with Crippen molar-refractivity contribution < 1.29 is 19.4 Å². The number of fused-ring (bicyclic) bond motifs is 1. The Balaban J connectivity index is 1.64. The van der Waals surface area contributed by atoms with Gasteiger partial charge in [0.15, 0.2) is 0 Å². The lowest BCUT2D eigenvalue weighted by atomic mass is 10.0. The van der Waals surface area contributed by atoms with Gasteiger partial charge < -0.3 is 9.84 Å². The number of nitrogens with zero attached hydrogens (tertiary/aromatic N) is 1. The van der Waals surface area contributed by atoms with Crippen LogP contribution in [0.1, 0.15) is 16.5 Å². The summed E-state index contributed by atoms with van der Waals surface area (Å²) in [7, 11) is 0. The highest BCUT2D eigenvalue weighted by Gasteiger charge is 2.43. The molecule has 0 bridgehead atoms. The lowest BCUT2D eigenvalue weighted by Crippen LogP contribution is -2.43. The van der Waals surface area contributed by atoms with E-state index in [4.69, 9.17) is 4.74 Å². The van der Waals surface area contributed by atoms with Crippen LogP contribution in [0.2, 0.25) is 0 Å². The summed E-state index contributed by atoms with van der Waals surface area (Å²) < 4.78 is 5.47. The molecule has 4 rings (SSSR count). The lowest BCUT2D eigenvalue weighted by Gasteiger charge is -2.27. The second-order valence-electron chi connectivity index (χ2n) is 6.56. The third-order valence-corrected chi connectivity index (χ3v) is 6.10. The summed E-state index contributed by atoms with van der Waals surface area (Å²) in [6.45, 7) is 0.107. The van der Waals surface area contributed by atoms with Crippen LogP contribution in [-0.2, 0) is 16.1 Å². The van der Waals surface area contributed by atoms with Crippen molar-refractivity contribution in [1.29, 1.82) is 0 Å². The molecular weight excluding hydrogens is 374 g/mol. The average molecular weight is 393 g/mol. The third kappa shape index (κ3) is 3.55. The Labute approximate surface area is 166 Å². The minimum absolute atomic E-state index is 0.107. The van der Waals surface area contributed by atoms with Crippen LogP contribution in [0.5, 0.6) is 0 Å². The number of carbonyl (C=O) groups is 2. The van der Waals surface area contributed by atoms with Gasteiger partial charge in [0, 0.05) is 5.75 Å². The number of amides is 1. The fraction of sp³-hybridized carbons (Fsp3) is 0.182. The Bertz CT molecular complexity index is 1000. The molecule has 0 spiro atoms. The molecule has 3 aromatic carbocycles. The zero-order chi connectivity index (χ0) is 19.5. The van der Waals surface area contributed by atoms with E-state index in [2.05, 4.69) is 0 Å². The first-order valence-corrected chi connectivity index (χ1v) is 10.0. The topological polar surface area (TPSA) is 66.8 Å². The molecule has 1 unspecified atom stereocenters. The minimum Gasteiger partial charge on any atom is -0.480 e. The van der Waals surface area contributed by atoms with Gasteiger partial charge in [0.2, 0.25) is 0 Å². The molecular formula is C22H19NO4S. The normalized spacial score (nSPS) is 18.9. The number of aliphatic carboxylic acids is 1. The molecule has 28 heavy (non-hydrogen) atoms. The summed E-state index contributed by atoms with van der Waals surface area (Å²) in [4.78, 5) is 26.0. The standard InChI is InChI=1S/C22H19NO4S/c24-21(25)19-14-28-20(18-12-6-10-16-9-4-5-11-17(16)18)23(19)22(26)27-13-15-7-2-1-3-8-15/h1-12,19-20H,13-14H2,(H,24,25)/t19-,20?/m0/s1. The number of hydrogen-bond donors (Lipinski definition) is 1. The van der Waals surface area contributed by atoms with Crippen molar-refractivity contribution in [2.75, 3.05) is 5.75 Å². The van der Waals surface area contributed by atoms with E-state index in [1.807, 2.05) is 72.8 Å².